The van der Waals surface area contributed by atoms with Crippen LogP contribution in [0.5, 0.6) is 0 Å². The van der Waals surface area contributed by atoms with Gasteiger partial charge in [0.2, 0.25) is 0 Å². The van der Waals surface area contributed by atoms with E-state index < -0.39 is 5.79 Å². The Balaban J connectivity index is 0.00000147. The van der Waals surface area contributed by atoms with Crippen LogP contribution in [0.4, 0.5) is 0 Å². The number of ether oxygens (including phenoxy) is 2. The predicted octanol–water partition coefficient (Wildman–Crippen LogP) is -1.19. The smallest absolute Gasteiger partial charge is 1.00 e. The van der Waals surface area contributed by atoms with E-state index in [1.807, 2.05) is 13.8 Å². The molecule has 0 saturated carbocycles. The van der Waals surface area contributed by atoms with Crippen molar-refractivity contribution >= 4 is 29.5 Å². The maximum Gasteiger partial charge on any atom is -1.00 e. The molecule has 1 saturated heterocycles. The van der Waals surface area contributed by atoms with Crippen LogP contribution in [-0.2, 0) is 22.9 Å². The molecule has 0 spiro atoms. The minimum absolute atomic E-state index is 0. The first-order valence-electron chi connectivity index (χ1n) is 6.74. The molecule has 1 aromatic heterocycles. The number of nitrogens with zero attached hydrogens (tertiary/aromatic N) is 1. The van der Waals surface area contributed by atoms with Gasteiger partial charge in [-0.3, -0.25) is 0 Å². The monoisotopic (exact) mass is 503 g/mol. The van der Waals surface area contributed by atoms with E-state index >= 15 is 0 Å². The van der Waals surface area contributed by atoms with Crippen molar-refractivity contribution in [3.05, 3.63) is 30.0 Å². The summed E-state index contributed by atoms with van der Waals surface area (Å²) in [6.45, 7) is 4.70. The Morgan fingerprint density at radius 2 is 2.10 bits per heavy atom. The summed E-state index contributed by atoms with van der Waals surface area (Å²) >= 11 is -0.188. The summed E-state index contributed by atoms with van der Waals surface area (Å²) in [6.07, 6.45) is 2.37. The zero-order valence-electron chi connectivity index (χ0n) is 12.1. The van der Waals surface area contributed by atoms with Crippen molar-refractivity contribution in [2.24, 2.45) is 7.05 Å². The van der Waals surface area contributed by atoms with Crippen molar-refractivity contribution in [2.75, 3.05) is 6.61 Å². The van der Waals surface area contributed by atoms with E-state index in [-0.39, 0.29) is 50.8 Å². The first kappa shape index (κ1) is 16.7. The second-order valence-electron chi connectivity index (χ2n) is 5.52. The van der Waals surface area contributed by atoms with Gasteiger partial charge >= 0.3 is 124 Å². The third-order valence-electron chi connectivity index (χ3n) is 3.58. The summed E-state index contributed by atoms with van der Waals surface area (Å²) in [5.74, 6) is -0.400. The van der Waals surface area contributed by atoms with E-state index in [9.17, 15) is 0 Å². The summed E-state index contributed by atoms with van der Waals surface area (Å²) in [7, 11) is 2.23. The first-order chi connectivity index (χ1) is 9.05. The molecule has 110 valence electrons. The van der Waals surface area contributed by atoms with Crippen molar-refractivity contribution in [1.82, 2.24) is 0 Å². The number of aromatic nitrogens is 1. The van der Waals surface area contributed by atoms with Crippen molar-refractivity contribution in [2.45, 2.75) is 38.6 Å². The summed E-state index contributed by atoms with van der Waals surface area (Å²) in [5.41, 5.74) is 1.49. The van der Waals surface area contributed by atoms with Crippen molar-refractivity contribution in [3.63, 3.8) is 0 Å². The molecule has 1 unspecified atom stereocenters. The van der Waals surface area contributed by atoms with Crippen LogP contribution >= 0.6 is 0 Å². The fraction of sp³-hybridized carbons (Fsp3) is 0.533. The van der Waals surface area contributed by atoms with Crippen molar-refractivity contribution < 1.29 is 36.2 Å². The molecular formula is C15H20INO2Te. The van der Waals surface area contributed by atoms with Gasteiger partial charge in [-0.1, -0.05) is 0 Å². The Morgan fingerprint density at radius 1 is 1.35 bits per heavy atom. The van der Waals surface area contributed by atoms with Crippen LogP contribution in [0.3, 0.4) is 0 Å². The van der Waals surface area contributed by atoms with Crippen molar-refractivity contribution in [3.8, 4) is 0 Å². The zero-order chi connectivity index (χ0) is 13.5. The van der Waals surface area contributed by atoms with E-state index in [2.05, 4.69) is 34.1 Å². The van der Waals surface area contributed by atoms with Crippen molar-refractivity contribution in [1.29, 1.82) is 0 Å². The van der Waals surface area contributed by atoms with Gasteiger partial charge in [-0.25, -0.2) is 0 Å². The maximum atomic E-state index is 5.89. The van der Waals surface area contributed by atoms with Gasteiger partial charge in [-0.15, -0.1) is 0 Å². The molecule has 1 atom stereocenters. The van der Waals surface area contributed by atoms with E-state index in [0.717, 1.165) is 19.4 Å². The molecule has 0 bridgehead atoms. The van der Waals surface area contributed by atoms with Crippen LogP contribution in [0, 0.1) is 0 Å². The second-order valence-corrected chi connectivity index (χ2v) is 8.86. The largest absolute Gasteiger partial charge is 1.00 e. The van der Waals surface area contributed by atoms with Crippen LogP contribution in [0.15, 0.2) is 24.3 Å². The van der Waals surface area contributed by atoms with Gasteiger partial charge in [0.25, 0.3) is 0 Å². The summed E-state index contributed by atoms with van der Waals surface area (Å²) in [6, 6.07) is 8.83. The van der Waals surface area contributed by atoms with E-state index in [1.54, 1.807) is 3.40 Å². The quantitative estimate of drug-likeness (QED) is 0.391. The molecule has 0 aliphatic carbocycles. The van der Waals surface area contributed by atoms with E-state index in [1.165, 1.54) is 11.1 Å². The first-order valence-corrected chi connectivity index (χ1v) is 8.94. The fourth-order valence-electron chi connectivity index (χ4n) is 2.65. The number of halogens is 1. The van der Waals surface area contributed by atoms with Gasteiger partial charge in [-0.2, -0.15) is 0 Å². The number of rotatable bonds is 3. The Morgan fingerprint density at radius 3 is 2.80 bits per heavy atom. The number of hydrogen-bond acceptors (Lipinski definition) is 2. The molecule has 1 aliphatic rings. The molecule has 3 nitrogen and oxygen atoms in total. The molecule has 2 heterocycles. The van der Waals surface area contributed by atoms with Gasteiger partial charge in [0.1, 0.15) is 0 Å². The molecule has 1 aromatic carbocycles. The second kappa shape index (κ2) is 6.62. The van der Waals surface area contributed by atoms with Crippen LogP contribution in [0.25, 0.3) is 8.79 Å². The molecule has 0 radical (unpaired) electrons. The molecule has 0 amide bonds. The molecular weight excluding hydrogens is 481 g/mol. The minimum Gasteiger partial charge on any atom is -1.00 e. The SMILES string of the molecule is C[n+]1[te]c2ccccc2c1CCC1COC(C)(C)O1.[I-]. The molecule has 0 N–H and O–H groups in total. The zero-order valence-corrected chi connectivity index (χ0v) is 16.5. The maximum absolute atomic E-state index is 5.89. The number of fused-ring (bicyclic) bond motifs is 1. The third kappa shape index (κ3) is 3.56. The van der Waals surface area contributed by atoms with Gasteiger partial charge < -0.3 is 24.0 Å². The van der Waals surface area contributed by atoms with Crippen LogP contribution in [0.2, 0.25) is 0 Å². The topological polar surface area (TPSA) is 22.3 Å². The molecule has 2 aromatic rings. The van der Waals surface area contributed by atoms with Gasteiger partial charge in [0.05, 0.1) is 0 Å². The summed E-state index contributed by atoms with van der Waals surface area (Å²) < 4.78 is 15.6. The fourth-order valence-corrected chi connectivity index (χ4v) is 5.56. The number of aryl methyl sites for hydroxylation is 2. The van der Waals surface area contributed by atoms with Gasteiger partial charge in [0, 0.05) is 0 Å². The summed E-state index contributed by atoms with van der Waals surface area (Å²) in [4.78, 5) is 0. The van der Waals surface area contributed by atoms with Crippen LogP contribution in [0.1, 0.15) is 26.0 Å². The van der Waals surface area contributed by atoms with Gasteiger partial charge in [-0.05, 0) is 0 Å². The Bertz CT molecular complexity index is 597. The molecule has 3 rings (SSSR count). The average molecular weight is 501 g/mol. The third-order valence-corrected chi connectivity index (χ3v) is 6.57. The number of hydrogen-bond donors (Lipinski definition) is 0. The molecule has 20 heavy (non-hydrogen) atoms. The normalized spacial score (nSPS) is 21.1. The molecule has 1 aliphatic heterocycles. The van der Waals surface area contributed by atoms with E-state index in [0.29, 0.717) is 0 Å². The molecule has 5 heteroatoms. The average Bonchev–Trinajstić information content (AvgIpc) is 2.86. The Kier molecular flexibility index (Phi) is 5.52. The van der Waals surface area contributed by atoms with Crippen LogP contribution in [-0.4, -0.2) is 39.2 Å². The Labute approximate surface area is 147 Å². The number of benzene rings is 1. The summed E-state index contributed by atoms with van der Waals surface area (Å²) in [5, 5.41) is 1.46. The molecule has 1 fully saturated rings. The predicted molar refractivity (Wildman–Crippen MR) is 75.3 cm³/mol. The van der Waals surface area contributed by atoms with E-state index in [4.69, 9.17) is 9.47 Å². The minimum atomic E-state index is -0.400. The standard InChI is InChI=1S/C15H20NO2Te.HI/c1-15(2)17-10-11(18-15)8-9-13-12-6-4-5-7-14(12)19-16(13)3;/h4-7,11H,8-10H2,1-3H3;1H/q+1;/p-1. The van der Waals surface area contributed by atoms with Gasteiger partial charge in [0.15, 0.2) is 0 Å². The Hall–Kier alpha value is 0.330. The van der Waals surface area contributed by atoms with Crippen LogP contribution < -0.4 is 26.8 Å².